The SMILES string of the molecule is NC(=O)c1cc(N)cnc1Nc1ccc(C(F)(F)F)nc1. The van der Waals surface area contributed by atoms with E-state index in [1.165, 1.54) is 18.3 Å². The number of halogens is 3. The summed E-state index contributed by atoms with van der Waals surface area (Å²) in [5, 5.41) is 2.66. The fourth-order valence-corrected chi connectivity index (χ4v) is 1.54. The lowest BCUT2D eigenvalue weighted by atomic mass is 10.2. The van der Waals surface area contributed by atoms with Crippen molar-refractivity contribution in [3.05, 3.63) is 41.9 Å². The minimum atomic E-state index is -4.52. The van der Waals surface area contributed by atoms with Gasteiger partial charge in [0.2, 0.25) is 0 Å². The van der Waals surface area contributed by atoms with Crippen molar-refractivity contribution < 1.29 is 18.0 Å². The van der Waals surface area contributed by atoms with Crippen molar-refractivity contribution in [2.75, 3.05) is 11.1 Å². The van der Waals surface area contributed by atoms with Gasteiger partial charge in [-0.1, -0.05) is 0 Å². The van der Waals surface area contributed by atoms with Gasteiger partial charge in [-0.3, -0.25) is 4.79 Å². The number of pyridine rings is 2. The van der Waals surface area contributed by atoms with Crippen LogP contribution in [0.25, 0.3) is 0 Å². The number of nitrogen functional groups attached to an aromatic ring is 1. The number of carbonyl (C=O) groups excluding carboxylic acids is 1. The van der Waals surface area contributed by atoms with E-state index in [-0.39, 0.29) is 22.8 Å². The maximum Gasteiger partial charge on any atom is 0.433 e. The van der Waals surface area contributed by atoms with Gasteiger partial charge in [0.05, 0.1) is 29.3 Å². The zero-order chi connectivity index (χ0) is 15.6. The van der Waals surface area contributed by atoms with Crippen molar-refractivity contribution in [1.29, 1.82) is 0 Å². The molecule has 110 valence electrons. The van der Waals surface area contributed by atoms with Gasteiger partial charge in [0, 0.05) is 0 Å². The summed E-state index contributed by atoms with van der Waals surface area (Å²) >= 11 is 0. The summed E-state index contributed by atoms with van der Waals surface area (Å²) in [6.07, 6.45) is -2.26. The first-order valence-electron chi connectivity index (χ1n) is 5.63. The number of hydrogen-bond donors (Lipinski definition) is 3. The van der Waals surface area contributed by atoms with E-state index >= 15 is 0 Å². The molecular formula is C12H10F3N5O. The van der Waals surface area contributed by atoms with Gasteiger partial charge in [-0.15, -0.1) is 0 Å². The van der Waals surface area contributed by atoms with Crippen molar-refractivity contribution in [2.45, 2.75) is 6.18 Å². The fourth-order valence-electron chi connectivity index (χ4n) is 1.54. The zero-order valence-electron chi connectivity index (χ0n) is 10.5. The third kappa shape index (κ3) is 3.38. The quantitative estimate of drug-likeness (QED) is 0.802. The molecule has 0 saturated carbocycles. The number of nitrogens with zero attached hydrogens (tertiary/aromatic N) is 2. The molecule has 21 heavy (non-hydrogen) atoms. The molecule has 0 bridgehead atoms. The number of aromatic nitrogens is 2. The lowest BCUT2D eigenvalue weighted by Crippen LogP contribution is -2.15. The predicted octanol–water partition coefficient (Wildman–Crippen LogP) is 1.92. The largest absolute Gasteiger partial charge is 0.433 e. The Labute approximate surface area is 117 Å². The summed E-state index contributed by atoms with van der Waals surface area (Å²) in [5.74, 6) is -0.685. The summed E-state index contributed by atoms with van der Waals surface area (Å²) in [6.45, 7) is 0. The van der Waals surface area contributed by atoms with Gasteiger partial charge in [0.15, 0.2) is 0 Å². The molecule has 2 aromatic heterocycles. The summed E-state index contributed by atoms with van der Waals surface area (Å²) in [5.41, 5.74) is 10.1. The third-order valence-corrected chi connectivity index (χ3v) is 2.49. The minimum Gasteiger partial charge on any atom is -0.397 e. The summed E-state index contributed by atoms with van der Waals surface area (Å²) < 4.78 is 37.2. The number of nitrogens with one attached hydrogen (secondary N) is 1. The third-order valence-electron chi connectivity index (χ3n) is 2.49. The van der Waals surface area contributed by atoms with Crippen LogP contribution in [0.4, 0.5) is 30.4 Å². The first kappa shape index (κ1) is 14.6. The van der Waals surface area contributed by atoms with Crippen molar-refractivity contribution in [2.24, 2.45) is 5.73 Å². The average molecular weight is 297 g/mol. The van der Waals surface area contributed by atoms with E-state index in [2.05, 4.69) is 15.3 Å². The number of hydrogen-bond acceptors (Lipinski definition) is 5. The molecule has 9 heteroatoms. The first-order chi connectivity index (χ1) is 9.77. The normalized spacial score (nSPS) is 11.2. The van der Waals surface area contributed by atoms with Crippen LogP contribution in [-0.4, -0.2) is 15.9 Å². The van der Waals surface area contributed by atoms with Crippen molar-refractivity contribution >= 4 is 23.1 Å². The number of amides is 1. The molecular weight excluding hydrogens is 287 g/mol. The number of primary amides is 1. The van der Waals surface area contributed by atoms with E-state index in [9.17, 15) is 18.0 Å². The zero-order valence-corrected chi connectivity index (χ0v) is 10.5. The van der Waals surface area contributed by atoms with Gasteiger partial charge in [0.1, 0.15) is 11.5 Å². The number of rotatable bonds is 3. The summed E-state index contributed by atoms with van der Waals surface area (Å²) in [6, 6.07) is 3.29. The number of anilines is 3. The molecule has 0 radical (unpaired) electrons. The molecule has 0 fully saturated rings. The van der Waals surface area contributed by atoms with Gasteiger partial charge in [0.25, 0.3) is 5.91 Å². The molecule has 0 aliphatic carbocycles. The summed E-state index contributed by atoms with van der Waals surface area (Å²) in [4.78, 5) is 18.4. The number of nitrogens with two attached hydrogens (primary N) is 2. The van der Waals surface area contributed by atoms with Crippen molar-refractivity contribution in [3.8, 4) is 0 Å². The molecule has 6 nitrogen and oxygen atoms in total. The maximum absolute atomic E-state index is 12.4. The van der Waals surface area contributed by atoms with E-state index in [0.29, 0.717) is 0 Å². The van der Waals surface area contributed by atoms with Gasteiger partial charge in [-0.05, 0) is 18.2 Å². The van der Waals surface area contributed by atoms with Crippen LogP contribution in [0, 0.1) is 0 Å². The minimum absolute atomic E-state index is 0.0231. The van der Waals surface area contributed by atoms with E-state index in [1.807, 2.05) is 0 Å². The van der Waals surface area contributed by atoms with Crippen LogP contribution >= 0.6 is 0 Å². The highest BCUT2D eigenvalue weighted by Gasteiger charge is 2.32. The van der Waals surface area contributed by atoms with Gasteiger partial charge in [-0.25, -0.2) is 9.97 Å². The van der Waals surface area contributed by atoms with E-state index < -0.39 is 17.8 Å². The molecule has 5 N–H and O–H groups in total. The van der Waals surface area contributed by atoms with Crippen LogP contribution < -0.4 is 16.8 Å². The molecule has 2 aromatic rings. The smallest absolute Gasteiger partial charge is 0.397 e. The fraction of sp³-hybridized carbons (Fsp3) is 0.0833. The molecule has 0 aliphatic heterocycles. The molecule has 2 rings (SSSR count). The molecule has 2 heterocycles. The maximum atomic E-state index is 12.4. The van der Waals surface area contributed by atoms with E-state index in [0.717, 1.165) is 12.3 Å². The van der Waals surface area contributed by atoms with Gasteiger partial charge in [-0.2, -0.15) is 13.2 Å². The Balaban J connectivity index is 2.28. The van der Waals surface area contributed by atoms with Crippen LogP contribution in [0.5, 0.6) is 0 Å². The molecule has 1 amide bonds. The van der Waals surface area contributed by atoms with E-state index in [1.54, 1.807) is 0 Å². The Morgan fingerprint density at radius 2 is 1.90 bits per heavy atom. The monoisotopic (exact) mass is 297 g/mol. The Morgan fingerprint density at radius 3 is 2.43 bits per heavy atom. The summed E-state index contributed by atoms with van der Waals surface area (Å²) in [7, 11) is 0. The van der Waals surface area contributed by atoms with Crippen LogP contribution in [0.2, 0.25) is 0 Å². The highest BCUT2D eigenvalue weighted by molar-refractivity contribution is 5.99. The molecule has 0 atom stereocenters. The molecule has 0 aliphatic rings. The second-order valence-electron chi connectivity index (χ2n) is 4.08. The lowest BCUT2D eigenvalue weighted by molar-refractivity contribution is -0.141. The van der Waals surface area contributed by atoms with Gasteiger partial charge < -0.3 is 16.8 Å². The predicted molar refractivity (Wildman–Crippen MR) is 69.7 cm³/mol. The second-order valence-corrected chi connectivity index (χ2v) is 4.08. The standard InChI is InChI=1S/C12H10F3N5O/c13-12(14,15)9-2-1-7(5-18-9)20-11-8(10(17)21)3-6(16)4-19-11/h1-5H,16H2,(H2,17,21)(H,19,20). The molecule has 0 unspecified atom stereocenters. The van der Waals surface area contributed by atoms with Crippen molar-refractivity contribution in [3.63, 3.8) is 0 Å². The second kappa shape index (κ2) is 5.27. The highest BCUT2D eigenvalue weighted by atomic mass is 19.4. The Morgan fingerprint density at radius 1 is 1.19 bits per heavy atom. The van der Waals surface area contributed by atoms with Crippen LogP contribution in [0.15, 0.2) is 30.6 Å². The van der Waals surface area contributed by atoms with Crippen LogP contribution in [0.1, 0.15) is 16.1 Å². The molecule has 0 saturated heterocycles. The van der Waals surface area contributed by atoms with Crippen LogP contribution in [-0.2, 0) is 6.18 Å². The van der Waals surface area contributed by atoms with Crippen LogP contribution in [0.3, 0.4) is 0 Å². The Hall–Kier alpha value is -2.84. The lowest BCUT2D eigenvalue weighted by Gasteiger charge is -2.10. The number of carbonyl (C=O) groups is 1. The topological polar surface area (TPSA) is 107 Å². The van der Waals surface area contributed by atoms with Crippen molar-refractivity contribution in [1.82, 2.24) is 9.97 Å². The molecule has 0 aromatic carbocycles. The Kier molecular flexibility index (Phi) is 3.66. The van der Waals surface area contributed by atoms with E-state index in [4.69, 9.17) is 11.5 Å². The highest BCUT2D eigenvalue weighted by Crippen LogP contribution is 2.28. The number of alkyl halides is 3. The molecule has 0 spiro atoms. The first-order valence-corrected chi connectivity index (χ1v) is 5.63. The average Bonchev–Trinajstić information content (AvgIpc) is 2.40. The van der Waals surface area contributed by atoms with Gasteiger partial charge >= 0.3 is 6.18 Å². The Bertz CT molecular complexity index is 670.